The molecule has 0 saturated carbocycles. The van der Waals surface area contributed by atoms with Crippen molar-refractivity contribution in [3.63, 3.8) is 0 Å². The van der Waals surface area contributed by atoms with Gasteiger partial charge in [0.05, 0.1) is 39.6 Å². The van der Waals surface area contributed by atoms with E-state index in [9.17, 15) is 4.79 Å². The first-order valence-electron chi connectivity index (χ1n) is 5.99. The van der Waals surface area contributed by atoms with Gasteiger partial charge in [0, 0.05) is 5.02 Å². The topological polar surface area (TPSA) is 24.8 Å². The van der Waals surface area contributed by atoms with Crippen molar-refractivity contribution in [2.45, 2.75) is 6.42 Å². The Kier molecular flexibility index (Phi) is 4.02. The molecule has 1 fully saturated rings. The molecule has 1 aromatic carbocycles. The Morgan fingerprint density at radius 1 is 1.35 bits per heavy atom. The molecule has 4 heteroatoms. The largest absolute Gasteiger partial charge is 0.334 e. The highest BCUT2D eigenvalue weighted by atomic mass is 35.5. The van der Waals surface area contributed by atoms with Gasteiger partial charge in [0.1, 0.15) is 0 Å². The van der Waals surface area contributed by atoms with Crippen LogP contribution in [0.3, 0.4) is 0 Å². The minimum Gasteiger partial charge on any atom is -0.334 e. The van der Waals surface area contributed by atoms with Crippen LogP contribution in [0.25, 0.3) is 0 Å². The summed E-state index contributed by atoms with van der Waals surface area (Å²) in [4.78, 5) is 15.5. The van der Waals surface area contributed by atoms with Crippen LogP contribution >= 0.6 is 11.6 Å². The number of carbonyl (C=O) groups excluding carboxylic acids is 1. The van der Waals surface area contributed by atoms with Gasteiger partial charge in [-0.2, -0.15) is 0 Å². The first-order chi connectivity index (χ1) is 8.16. The van der Waals surface area contributed by atoms with Gasteiger partial charge < -0.3 is 9.80 Å². The maximum atomic E-state index is 12.1. The highest BCUT2D eigenvalue weighted by Gasteiger charge is 2.21. The summed E-state index contributed by atoms with van der Waals surface area (Å²) in [5.41, 5.74) is 0.922. The van der Waals surface area contributed by atoms with Gasteiger partial charge in [-0.3, -0.25) is 4.79 Å². The molecule has 0 unspecified atom stereocenters. The van der Waals surface area contributed by atoms with Crippen molar-refractivity contribution >= 4 is 17.5 Å². The van der Waals surface area contributed by atoms with Crippen LogP contribution in [0.5, 0.6) is 0 Å². The minimum absolute atomic E-state index is 0.186. The molecule has 0 atom stereocenters. The summed E-state index contributed by atoms with van der Waals surface area (Å²) in [5, 5.41) is 0.681. The number of likely N-dealkylation sites (N-methyl/N-ethyl adjacent to an activating group) is 1. The zero-order chi connectivity index (χ0) is 12.3. The zero-order valence-corrected chi connectivity index (χ0v) is 10.8. The lowest BCUT2D eigenvalue weighted by Gasteiger charge is -2.30. The second-order valence-corrected chi connectivity index (χ2v) is 5.01. The molecule has 1 aliphatic heterocycles. The van der Waals surface area contributed by atoms with E-state index in [1.807, 2.05) is 29.2 Å². The van der Waals surface area contributed by atoms with E-state index in [1.165, 1.54) is 4.90 Å². The van der Waals surface area contributed by atoms with E-state index < -0.39 is 0 Å². The van der Waals surface area contributed by atoms with Crippen molar-refractivity contribution in [3.05, 3.63) is 34.9 Å². The van der Waals surface area contributed by atoms with Crippen molar-refractivity contribution in [3.8, 4) is 0 Å². The number of benzene rings is 1. The van der Waals surface area contributed by atoms with Crippen LogP contribution in [0.4, 0.5) is 0 Å². The number of nitrogens with zero attached hydrogens (tertiary/aromatic N) is 1. The van der Waals surface area contributed by atoms with Crippen LogP contribution in [0.2, 0.25) is 5.02 Å². The molecule has 92 valence electrons. The summed E-state index contributed by atoms with van der Waals surface area (Å²) < 4.78 is 0. The Morgan fingerprint density at radius 2 is 2.00 bits per heavy atom. The molecule has 0 aromatic heterocycles. The normalized spacial score (nSPS) is 17.2. The van der Waals surface area contributed by atoms with Gasteiger partial charge in [-0.25, -0.2) is 0 Å². The number of rotatable bonds is 2. The lowest BCUT2D eigenvalue weighted by molar-refractivity contribution is -0.883. The maximum absolute atomic E-state index is 12.1. The van der Waals surface area contributed by atoms with Crippen molar-refractivity contribution in [1.29, 1.82) is 0 Å². The van der Waals surface area contributed by atoms with Gasteiger partial charge >= 0.3 is 0 Å². The molecule has 0 aliphatic carbocycles. The molecule has 1 N–H and O–H groups in total. The van der Waals surface area contributed by atoms with Crippen molar-refractivity contribution < 1.29 is 9.69 Å². The second-order valence-electron chi connectivity index (χ2n) is 4.61. The Balaban J connectivity index is 1.95. The summed E-state index contributed by atoms with van der Waals surface area (Å²) in [6.45, 7) is 3.78. The molecule has 3 nitrogen and oxygen atoms in total. The quantitative estimate of drug-likeness (QED) is 0.803. The van der Waals surface area contributed by atoms with Crippen LogP contribution in [0.15, 0.2) is 24.3 Å². The molecule has 2 rings (SSSR count). The lowest BCUT2D eigenvalue weighted by atomic mass is 10.1. The maximum Gasteiger partial charge on any atom is 0.227 e. The highest BCUT2D eigenvalue weighted by Crippen LogP contribution is 2.16. The highest BCUT2D eigenvalue weighted by molar-refractivity contribution is 6.31. The van der Waals surface area contributed by atoms with E-state index in [0.29, 0.717) is 11.4 Å². The van der Waals surface area contributed by atoms with E-state index in [1.54, 1.807) is 0 Å². The molecule has 1 saturated heterocycles. The standard InChI is InChI=1S/C13H17ClN2O/c1-15-6-8-16(9-7-15)13(17)10-11-4-2-3-5-12(11)14/h2-5H,6-10H2,1H3/p+1. The molecular formula is C13H18ClN2O+. The predicted molar refractivity (Wildman–Crippen MR) is 68.4 cm³/mol. The van der Waals surface area contributed by atoms with E-state index in [2.05, 4.69) is 7.05 Å². The molecule has 1 aliphatic rings. The van der Waals surface area contributed by atoms with Crippen LogP contribution in [-0.2, 0) is 11.2 Å². The summed E-state index contributed by atoms with van der Waals surface area (Å²) in [5.74, 6) is 0.186. The first kappa shape index (κ1) is 12.4. The van der Waals surface area contributed by atoms with Crippen LogP contribution in [-0.4, -0.2) is 44.0 Å². The Morgan fingerprint density at radius 3 is 2.65 bits per heavy atom. The fraction of sp³-hybridized carbons (Fsp3) is 0.462. The number of quaternary nitrogens is 1. The third kappa shape index (κ3) is 3.20. The molecule has 0 radical (unpaired) electrons. The molecule has 1 heterocycles. The minimum atomic E-state index is 0.186. The van der Waals surface area contributed by atoms with Crippen LogP contribution < -0.4 is 4.90 Å². The fourth-order valence-electron chi connectivity index (χ4n) is 2.05. The van der Waals surface area contributed by atoms with Gasteiger partial charge in [0.2, 0.25) is 5.91 Å². The number of hydrogen-bond donors (Lipinski definition) is 1. The third-order valence-electron chi connectivity index (χ3n) is 3.27. The van der Waals surface area contributed by atoms with E-state index in [4.69, 9.17) is 11.6 Å². The fourth-order valence-corrected chi connectivity index (χ4v) is 2.26. The molecule has 17 heavy (non-hydrogen) atoms. The van der Waals surface area contributed by atoms with E-state index in [0.717, 1.165) is 31.7 Å². The summed E-state index contributed by atoms with van der Waals surface area (Å²) in [6.07, 6.45) is 0.415. The average Bonchev–Trinajstić information content (AvgIpc) is 2.33. The third-order valence-corrected chi connectivity index (χ3v) is 3.64. The summed E-state index contributed by atoms with van der Waals surface area (Å²) >= 11 is 6.06. The number of hydrogen-bond acceptors (Lipinski definition) is 1. The number of carbonyl (C=O) groups is 1. The van der Waals surface area contributed by atoms with Crippen LogP contribution in [0, 0.1) is 0 Å². The number of halogens is 1. The molecule has 0 bridgehead atoms. The Labute approximate surface area is 107 Å². The SMILES string of the molecule is C[NH+]1CCN(C(=O)Cc2ccccc2Cl)CC1. The lowest BCUT2D eigenvalue weighted by Crippen LogP contribution is -3.12. The number of nitrogens with one attached hydrogen (secondary N) is 1. The second kappa shape index (κ2) is 5.52. The van der Waals surface area contributed by atoms with Gasteiger partial charge in [-0.15, -0.1) is 0 Å². The summed E-state index contributed by atoms with van der Waals surface area (Å²) in [6, 6.07) is 7.55. The molecule has 1 amide bonds. The smallest absolute Gasteiger partial charge is 0.227 e. The van der Waals surface area contributed by atoms with Crippen molar-refractivity contribution in [1.82, 2.24) is 4.90 Å². The van der Waals surface area contributed by atoms with E-state index in [-0.39, 0.29) is 5.91 Å². The van der Waals surface area contributed by atoms with Gasteiger partial charge in [0.15, 0.2) is 0 Å². The molecule has 0 spiro atoms. The summed E-state index contributed by atoms with van der Waals surface area (Å²) in [7, 11) is 2.16. The van der Waals surface area contributed by atoms with E-state index >= 15 is 0 Å². The Bertz CT molecular complexity index is 400. The average molecular weight is 254 g/mol. The number of amides is 1. The number of piperazine rings is 1. The molecular weight excluding hydrogens is 236 g/mol. The predicted octanol–water partition coefficient (Wildman–Crippen LogP) is 0.239. The van der Waals surface area contributed by atoms with Crippen molar-refractivity contribution in [2.24, 2.45) is 0 Å². The van der Waals surface area contributed by atoms with Crippen molar-refractivity contribution in [2.75, 3.05) is 33.2 Å². The molecule has 1 aromatic rings. The van der Waals surface area contributed by atoms with Gasteiger partial charge in [-0.05, 0) is 11.6 Å². The van der Waals surface area contributed by atoms with Gasteiger partial charge in [0.25, 0.3) is 0 Å². The zero-order valence-electron chi connectivity index (χ0n) is 10.1. The van der Waals surface area contributed by atoms with Crippen LogP contribution in [0.1, 0.15) is 5.56 Å². The monoisotopic (exact) mass is 253 g/mol. The van der Waals surface area contributed by atoms with Gasteiger partial charge in [-0.1, -0.05) is 29.8 Å². The Hall–Kier alpha value is -1.06. The first-order valence-corrected chi connectivity index (χ1v) is 6.37.